The minimum absolute atomic E-state index is 0.0676. The smallest absolute Gasteiger partial charge is 0.275 e. The van der Waals surface area contributed by atoms with Crippen molar-refractivity contribution >= 4 is 22.9 Å². The van der Waals surface area contributed by atoms with E-state index >= 15 is 0 Å². The van der Waals surface area contributed by atoms with Crippen LogP contribution in [0.4, 0.5) is 18.9 Å². The largest absolute Gasteiger partial charge is 0.318 e. The van der Waals surface area contributed by atoms with Gasteiger partial charge in [0.15, 0.2) is 17.5 Å². The molecule has 2 aromatic carbocycles. The molecule has 0 fully saturated rings. The van der Waals surface area contributed by atoms with E-state index < -0.39 is 29.0 Å². The lowest BCUT2D eigenvalue weighted by atomic mass is 10.2. The summed E-state index contributed by atoms with van der Waals surface area (Å²) in [6.45, 7) is 0. The van der Waals surface area contributed by atoms with Crippen molar-refractivity contribution in [2.45, 2.75) is 0 Å². The number of thiazole rings is 1. The van der Waals surface area contributed by atoms with Gasteiger partial charge in [-0.2, -0.15) is 0 Å². The third-order valence-electron chi connectivity index (χ3n) is 3.04. The van der Waals surface area contributed by atoms with Gasteiger partial charge in [-0.05, 0) is 12.1 Å². The van der Waals surface area contributed by atoms with E-state index in [4.69, 9.17) is 0 Å². The first-order chi connectivity index (χ1) is 11.1. The zero-order valence-electron chi connectivity index (χ0n) is 11.5. The Morgan fingerprint density at radius 3 is 2.48 bits per heavy atom. The number of amides is 1. The van der Waals surface area contributed by atoms with E-state index in [1.807, 2.05) is 30.3 Å². The molecule has 0 radical (unpaired) electrons. The molecule has 0 aliphatic heterocycles. The Morgan fingerprint density at radius 2 is 1.74 bits per heavy atom. The van der Waals surface area contributed by atoms with Gasteiger partial charge in [-0.15, -0.1) is 11.3 Å². The van der Waals surface area contributed by atoms with Crippen LogP contribution in [-0.4, -0.2) is 10.9 Å². The van der Waals surface area contributed by atoms with Gasteiger partial charge in [0.25, 0.3) is 5.91 Å². The molecule has 1 heterocycles. The number of aromatic nitrogens is 1. The van der Waals surface area contributed by atoms with Gasteiger partial charge in [0.05, 0.1) is 5.69 Å². The summed E-state index contributed by atoms with van der Waals surface area (Å²) in [4.78, 5) is 16.2. The van der Waals surface area contributed by atoms with E-state index in [9.17, 15) is 18.0 Å². The molecule has 23 heavy (non-hydrogen) atoms. The maximum absolute atomic E-state index is 13.6. The van der Waals surface area contributed by atoms with Crippen molar-refractivity contribution in [2.24, 2.45) is 0 Å². The number of hydrogen-bond acceptors (Lipinski definition) is 3. The van der Waals surface area contributed by atoms with Crippen molar-refractivity contribution in [1.82, 2.24) is 4.98 Å². The molecule has 3 aromatic rings. The van der Waals surface area contributed by atoms with Gasteiger partial charge < -0.3 is 5.32 Å². The molecule has 0 atom stereocenters. The summed E-state index contributed by atoms with van der Waals surface area (Å²) in [5.41, 5.74) is 0.469. The lowest BCUT2D eigenvalue weighted by molar-refractivity contribution is 0.102. The monoisotopic (exact) mass is 334 g/mol. The molecule has 7 heteroatoms. The highest BCUT2D eigenvalue weighted by atomic mass is 32.1. The quantitative estimate of drug-likeness (QED) is 0.718. The molecule has 0 bridgehead atoms. The van der Waals surface area contributed by atoms with Crippen LogP contribution in [0.1, 0.15) is 10.5 Å². The SMILES string of the molecule is O=C(Nc1ccc(F)c(F)c1F)c1csc(-c2ccccc2)n1. The molecule has 3 nitrogen and oxygen atoms in total. The Kier molecular flexibility index (Phi) is 4.12. The number of carbonyl (C=O) groups excluding carboxylic acids is 1. The summed E-state index contributed by atoms with van der Waals surface area (Å²) in [7, 11) is 0. The van der Waals surface area contributed by atoms with Crippen LogP contribution >= 0.6 is 11.3 Å². The normalized spacial score (nSPS) is 10.6. The number of rotatable bonds is 3. The lowest BCUT2D eigenvalue weighted by Gasteiger charge is -2.05. The zero-order chi connectivity index (χ0) is 16.4. The molecule has 1 N–H and O–H groups in total. The van der Waals surface area contributed by atoms with Crippen LogP contribution in [0.5, 0.6) is 0 Å². The second-order valence-corrected chi connectivity index (χ2v) is 5.44. The van der Waals surface area contributed by atoms with Gasteiger partial charge in [-0.1, -0.05) is 30.3 Å². The predicted molar refractivity (Wildman–Crippen MR) is 81.8 cm³/mol. The fourth-order valence-corrected chi connectivity index (χ4v) is 2.71. The van der Waals surface area contributed by atoms with Crippen molar-refractivity contribution in [3.05, 3.63) is 71.0 Å². The topological polar surface area (TPSA) is 42.0 Å². The van der Waals surface area contributed by atoms with Crippen LogP contribution < -0.4 is 5.32 Å². The highest BCUT2D eigenvalue weighted by molar-refractivity contribution is 7.13. The molecule has 0 aliphatic carbocycles. The van der Waals surface area contributed by atoms with Gasteiger partial charge in [0, 0.05) is 10.9 Å². The van der Waals surface area contributed by atoms with Gasteiger partial charge >= 0.3 is 0 Å². The van der Waals surface area contributed by atoms with Crippen molar-refractivity contribution in [2.75, 3.05) is 5.32 Å². The number of carbonyl (C=O) groups is 1. The summed E-state index contributed by atoms with van der Waals surface area (Å²) in [5, 5.41) is 4.32. The molecule has 3 rings (SSSR count). The van der Waals surface area contributed by atoms with E-state index in [2.05, 4.69) is 10.3 Å². The second-order valence-electron chi connectivity index (χ2n) is 4.58. The van der Waals surface area contributed by atoms with Gasteiger partial charge in [-0.3, -0.25) is 4.79 Å². The van der Waals surface area contributed by atoms with Gasteiger partial charge in [0.1, 0.15) is 10.7 Å². The molecule has 1 amide bonds. The Labute approximate surface area is 133 Å². The average Bonchev–Trinajstić information content (AvgIpc) is 3.06. The number of nitrogens with zero attached hydrogens (tertiary/aromatic N) is 1. The Morgan fingerprint density at radius 1 is 1.00 bits per heavy atom. The summed E-state index contributed by atoms with van der Waals surface area (Å²) in [5.74, 6) is -5.10. The standard InChI is InChI=1S/C16H9F3N2OS/c17-10-6-7-11(14(19)13(10)18)20-15(22)12-8-23-16(21-12)9-4-2-1-3-5-9/h1-8H,(H,20,22). The van der Waals surface area contributed by atoms with Crippen LogP contribution in [0.2, 0.25) is 0 Å². The minimum Gasteiger partial charge on any atom is -0.318 e. The molecule has 0 unspecified atom stereocenters. The highest BCUT2D eigenvalue weighted by Gasteiger charge is 2.17. The fraction of sp³-hybridized carbons (Fsp3) is 0. The van der Waals surface area contributed by atoms with E-state index in [0.717, 1.165) is 17.7 Å². The van der Waals surface area contributed by atoms with E-state index in [-0.39, 0.29) is 5.69 Å². The molecule has 0 aliphatic rings. The molecule has 0 saturated heterocycles. The van der Waals surface area contributed by atoms with E-state index in [1.165, 1.54) is 16.7 Å². The average molecular weight is 334 g/mol. The van der Waals surface area contributed by atoms with Crippen LogP contribution in [0, 0.1) is 17.5 Å². The van der Waals surface area contributed by atoms with Crippen LogP contribution in [-0.2, 0) is 0 Å². The van der Waals surface area contributed by atoms with Crippen molar-refractivity contribution in [1.29, 1.82) is 0 Å². The van der Waals surface area contributed by atoms with E-state index in [1.54, 1.807) is 0 Å². The second kappa shape index (κ2) is 6.21. The van der Waals surface area contributed by atoms with Crippen molar-refractivity contribution in [3.8, 4) is 10.6 Å². The number of halogens is 3. The molecule has 0 saturated carbocycles. The third-order valence-corrected chi connectivity index (χ3v) is 3.93. The molecule has 1 aromatic heterocycles. The first kappa shape index (κ1) is 15.2. The molecule has 116 valence electrons. The summed E-state index contributed by atoms with van der Waals surface area (Å²) in [6.07, 6.45) is 0. The predicted octanol–water partition coefficient (Wildman–Crippen LogP) is 4.48. The van der Waals surface area contributed by atoms with Gasteiger partial charge in [-0.25, -0.2) is 18.2 Å². The zero-order valence-corrected chi connectivity index (χ0v) is 12.3. The fourth-order valence-electron chi connectivity index (χ4n) is 1.90. The summed E-state index contributed by atoms with van der Waals surface area (Å²) < 4.78 is 39.6. The van der Waals surface area contributed by atoms with Crippen molar-refractivity contribution < 1.29 is 18.0 Å². The van der Waals surface area contributed by atoms with E-state index in [0.29, 0.717) is 5.01 Å². The number of anilines is 1. The first-order valence-electron chi connectivity index (χ1n) is 6.52. The Bertz CT molecular complexity index is 865. The summed E-state index contributed by atoms with van der Waals surface area (Å²) >= 11 is 1.25. The molecular weight excluding hydrogens is 325 g/mol. The van der Waals surface area contributed by atoms with Crippen LogP contribution in [0.3, 0.4) is 0 Å². The summed E-state index contributed by atoms with van der Waals surface area (Å²) in [6, 6.07) is 10.9. The first-order valence-corrected chi connectivity index (χ1v) is 7.40. The molecular formula is C16H9F3N2OS. The number of nitrogens with one attached hydrogen (secondary N) is 1. The number of benzene rings is 2. The van der Waals surface area contributed by atoms with Gasteiger partial charge in [0.2, 0.25) is 0 Å². The maximum Gasteiger partial charge on any atom is 0.275 e. The maximum atomic E-state index is 13.6. The third kappa shape index (κ3) is 3.09. The van der Waals surface area contributed by atoms with Crippen LogP contribution in [0.15, 0.2) is 47.8 Å². The molecule has 0 spiro atoms. The van der Waals surface area contributed by atoms with Crippen molar-refractivity contribution in [3.63, 3.8) is 0 Å². The Balaban J connectivity index is 1.82. The lowest BCUT2D eigenvalue weighted by Crippen LogP contribution is -2.14. The highest BCUT2D eigenvalue weighted by Crippen LogP contribution is 2.24. The minimum atomic E-state index is -1.63. The number of hydrogen-bond donors (Lipinski definition) is 1. The van der Waals surface area contributed by atoms with Crippen LogP contribution in [0.25, 0.3) is 10.6 Å². The Hall–Kier alpha value is -2.67.